The van der Waals surface area contributed by atoms with E-state index in [1.165, 1.54) is 0 Å². The van der Waals surface area contributed by atoms with Crippen LogP contribution in [0.4, 0.5) is 0 Å². The van der Waals surface area contributed by atoms with Gasteiger partial charge in [0.1, 0.15) is 0 Å². The molecule has 0 spiro atoms. The topological polar surface area (TPSA) is 46.3 Å². The Morgan fingerprint density at radius 2 is 2.31 bits per heavy atom. The van der Waals surface area contributed by atoms with E-state index in [-0.39, 0.29) is 5.91 Å². The molecule has 0 bridgehead atoms. The van der Waals surface area contributed by atoms with Crippen molar-refractivity contribution in [2.45, 2.75) is 32.2 Å². The molecule has 0 radical (unpaired) electrons. The fourth-order valence-electron chi connectivity index (χ4n) is 1.07. The van der Waals surface area contributed by atoms with E-state index in [0.717, 1.165) is 19.4 Å². The maximum Gasteiger partial charge on any atom is 0.239 e. The lowest BCUT2D eigenvalue weighted by Crippen LogP contribution is -2.41. The molecule has 0 aliphatic rings. The Morgan fingerprint density at radius 1 is 1.69 bits per heavy atom. The highest BCUT2D eigenvalue weighted by atomic mass is 16.2. The Morgan fingerprint density at radius 3 is 2.77 bits per heavy atom. The third kappa shape index (κ3) is 4.68. The van der Waals surface area contributed by atoms with Gasteiger partial charge in [0.25, 0.3) is 0 Å². The zero-order valence-corrected chi connectivity index (χ0v) is 8.62. The molecule has 2 N–H and O–H groups in total. The molecule has 0 fully saturated rings. The van der Waals surface area contributed by atoms with Gasteiger partial charge in [-0.3, -0.25) is 4.79 Å². The third-order valence-electron chi connectivity index (χ3n) is 1.96. The first-order chi connectivity index (χ1) is 6.13. The maximum absolute atomic E-state index is 11.5. The minimum absolute atomic E-state index is 0.00773. The van der Waals surface area contributed by atoms with Crippen molar-refractivity contribution >= 4 is 5.91 Å². The number of likely N-dealkylation sites (N-methyl/N-ethyl adjacent to an activating group) is 1. The van der Waals surface area contributed by atoms with E-state index in [9.17, 15) is 4.79 Å². The number of amides is 1. The van der Waals surface area contributed by atoms with E-state index in [4.69, 9.17) is 5.73 Å². The first kappa shape index (κ1) is 12.2. The number of rotatable bonds is 6. The molecule has 13 heavy (non-hydrogen) atoms. The predicted molar refractivity (Wildman–Crippen MR) is 55.3 cm³/mol. The average Bonchev–Trinajstić information content (AvgIpc) is 2.13. The third-order valence-corrected chi connectivity index (χ3v) is 1.96. The summed E-state index contributed by atoms with van der Waals surface area (Å²) in [4.78, 5) is 13.2. The fourth-order valence-corrected chi connectivity index (χ4v) is 1.07. The Bertz CT molecular complexity index is 168. The summed E-state index contributed by atoms with van der Waals surface area (Å²) in [5, 5.41) is 0. The zero-order valence-electron chi connectivity index (χ0n) is 8.62. The lowest BCUT2D eigenvalue weighted by molar-refractivity contribution is -0.131. The van der Waals surface area contributed by atoms with Gasteiger partial charge in [0.2, 0.25) is 5.91 Å². The number of hydrogen-bond donors (Lipinski definition) is 1. The molecule has 3 nitrogen and oxygen atoms in total. The number of carbonyl (C=O) groups is 1. The van der Waals surface area contributed by atoms with Crippen molar-refractivity contribution in [3.8, 4) is 0 Å². The largest absolute Gasteiger partial charge is 0.344 e. The zero-order chi connectivity index (χ0) is 10.3. The van der Waals surface area contributed by atoms with Crippen LogP contribution in [0.1, 0.15) is 26.2 Å². The molecule has 0 saturated heterocycles. The molecular weight excluding hydrogens is 164 g/mol. The van der Waals surface area contributed by atoms with Crippen LogP contribution in [0.2, 0.25) is 0 Å². The van der Waals surface area contributed by atoms with Crippen LogP contribution >= 0.6 is 0 Å². The van der Waals surface area contributed by atoms with E-state index in [1.54, 1.807) is 18.0 Å². The lowest BCUT2D eigenvalue weighted by Gasteiger charge is -2.20. The summed E-state index contributed by atoms with van der Waals surface area (Å²) in [6, 6.07) is -0.417. The summed E-state index contributed by atoms with van der Waals surface area (Å²) in [6.07, 6.45) is 4.35. The standard InChI is InChI=1S/C10H20N2O/c1-4-6-8-12(3)10(13)9(11)7-5-2/h5,9H,2,4,6-8,11H2,1,3H3. The van der Waals surface area contributed by atoms with E-state index in [0.29, 0.717) is 6.42 Å². The van der Waals surface area contributed by atoms with Crippen molar-refractivity contribution in [2.75, 3.05) is 13.6 Å². The summed E-state index contributed by atoms with van der Waals surface area (Å²) < 4.78 is 0. The molecule has 0 saturated carbocycles. The van der Waals surface area contributed by atoms with Crippen LogP contribution in [-0.4, -0.2) is 30.4 Å². The molecular formula is C10H20N2O. The summed E-state index contributed by atoms with van der Waals surface area (Å²) >= 11 is 0. The van der Waals surface area contributed by atoms with Gasteiger partial charge in [0, 0.05) is 13.6 Å². The quantitative estimate of drug-likeness (QED) is 0.629. The second-order valence-electron chi connectivity index (χ2n) is 3.24. The van der Waals surface area contributed by atoms with Crippen molar-refractivity contribution in [2.24, 2.45) is 5.73 Å². The van der Waals surface area contributed by atoms with Crippen LogP contribution < -0.4 is 5.73 Å². The average molecular weight is 184 g/mol. The predicted octanol–water partition coefficient (Wildman–Crippen LogP) is 1.15. The molecule has 0 heterocycles. The van der Waals surface area contributed by atoms with Crippen LogP contribution in [0.5, 0.6) is 0 Å². The van der Waals surface area contributed by atoms with E-state index >= 15 is 0 Å². The summed E-state index contributed by atoms with van der Waals surface area (Å²) in [5.41, 5.74) is 5.64. The van der Waals surface area contributed by atoms with Crippen LogP contribution in [0.25, 0.3) is 0 Å². The lowest BCUT2D eigenvalue weighted by atomic mass is 10.2. The highest BCUT2D eigenvalue weighted by Gasteiger charge is 2.15. The molecule has 0 aromatic rings. The molecule has 1 amide bonds. The van der Waals surface area contributed by atoms with E-state index in [2.05, 4.69) is 13.5 Å². The van der Waals surface area contributed by atoms with Crippen molar-refractivity contribution in [3.63, 3.8) is 0 Å². The fraction of sp³-hybridized carbons (Fsp3) is 0.700. The minimum atomic E-state index is -0.417. The van der Waals surface area contributed by atoms with Crippen LogP contribution in [0.3, 0.4) is 0 Å². The van der Waals surface area contributed by atoms with Crippen molar-refractivity contribution in [1.82, 2.24) is 4.90 Å². The van der Waals surface area contributed by atoms with Gasteiger partial charge in [-0.1, -0.05) is 19.4 Å². The molecule has 1 atom stereocenters. The minimum Gasteiger partial charge on any atom is -0.344 e. The molecule has 0 aliphatic heterocycles. The summed E-state index contributed by atoms with van der Waals surface area (Å²) in [7, 11) is 1.79. The van der Waals surface area contributed by atoms with Gasteiger partial charge in [0.05, 0.1) is 6.04 Å². The molecule has 1 unspecified atom stereocenters. The number of nitrogens with two attached hydrogens (primary N) is 1. The number of nitrogens with zero attached hydrogens (tertiary/aromatic N) is 1. The van der Waals surface area contributed by atoms with Gasteiger partial charge in [-0.05, 0) is 12.8 Å². The molecule has 0 aromatic carbocycles. The van der Waals surface area contributed by atoms with Crippen molar-refractivity contribution in [3.05, 3.63) is 12.7 Å². The monoisotopic (exact) mass is 184 g/mol. The number of carbonyl (C=O) groups excluding carboxylic acids is 1. The highest BCUT2D eigenvalue weighted by molar-refractivity contribution is 5.81. The summed E-state index contributed by atoms with van der Waals surface area (Å²) in [6.45, 7) is 6.44. The Hall–Kier alpha value is -0.830. The van der Waals surface area contributed by atoms with Gasteiger partial charge in [-0.2, -0.15) is 0 Å². The van der Waals surface area contributed by atoms with Gasteiger partial charge >= 0.3 is 0 Å². The molecule has 3 heteroatoms. The Balaban J connectivity index is 3.86. The molecule has 0 aromatic heterocycles. The normalized spacial score (nSPS) is 12.2. The number of unbranched alkanes of at least 4 members (excludes halogenated alkanes) is 1. The summed E-state index contributed by atoms with van der Waals surface area (Å²) in [5.74, 6) is 0.00773. The van der Waals surface area contributed by atoms with Crippen molar-refractivity contribution < 1.29 is 4.79 Å². The Kier molecular flexibility index (Phi) is 6.24. The van der Waals surface area contributed by atoms with Gasteiger partial charge in [0.15, 0.2) is 0 Å². The van der Waals surface area contributed by atoms with E-state index in [1.807, 2.05) is 0 Å². The maximum atomic E-state index is 11.5. The second kappa shape index (κ2) is 6.66. The Labute approximate surface area is 80.6 Å². The smallest absolute Gasteiger partial charge is 0.239 e. The highest BCUT2D eigenvalue weighted by Crippen LogP contribution is 1.98. The molecule has 0 rings (SSSR count). The van der Waals surface area contributed by atoms with Gasteiger partial charge in [-0.25, -0.2) is 0 Å². The first-order valence-corrected chi connectivity index (χ1v) is 4.75. The second-order valence-corrected chi connectivity index (χ2v) is 3.24. The SMILES string of the molecule is C=CCC(N)C(=O)N(C)CCCC. The number of hydrogen-bond acceptors (Lipinski definition) is 2. The van der Waals surface area contributed by atoms with Crippen LogP contribution in [-0.2, 0) is 4.79 Å². The van der Waals surface area contributed by atoms with Crippen LogP contribution in [0.15, 0.2) is 12.7 Å². The van der Waals surface area contributed by atoms with Crippen LogP contribution in [0, 0.1) is 0 Å². The van der Waals surface area contributed by atoms with E-state index < -0.39 is 6.04 Å². The van der Waals surface area contributed by atoms with Gasteiger partial charge in [-0.15, -0.1) is 6.58 Å². The van der Waals surface area contributed by atoms with Gasteiger partial charge < -0.3 is 10.6 Å². The first-order valence-electron chi connectivity index (χ1n) is 4.75. The molecule has 76 valence electrons. The molecule has 0 aliphatic carbocycles. The van der Waals surface area contributed by atoms with Crippen molar-refractivity contribution in [1.29, 1.82) is 0 Å².